The molecule has 0 saturated heterocycles. The van der Waals surface area contributed by atoms with Gasteiger partial charge in [0.2, 0.25) is 0 Å². The molecule has 132 valence electrons. The number of aliphatic imine (C=N–C) groups is 1. The van der Waals surface area contributed by atoms with Crippen molar-refractivity contribution in [1.29, 1.82) is 0 Å². The van der Waals surface area contributed by atoms with Gasteiger partial charge in [0, 0.05) is 31.9 Å². The summed E-state index contributed by atoms with van der Waals surface area (Å²) < 4.78 is 6.18. The number of rotatable bonds is 6. The Hall–Kier alpha value is -0.870. The zero-order chi connectivity index (χ0) is 16.7. The van der Waals surface area contributed by atoms with Crippen LogP contribution in [0.4, 0.5) is 0 Å². The molecule has 1 heterocycles. The molecule has 1 aromatic heterocycles. The number of nitrogens with zero attached hydrogens (tertiary/aromatic N) is 2. The maximum absolute atomic E-state index is 5.24. The normalized spacial score (nSPS) is 10.9. The van der Waals surface area contributed by atoms with Gasteiger partial charge < -0.3 is 15.4 Å². The first-order chi connectivity index (χ1) is 11.1. The summed E-state index contributed by atoms with van der Waals surface area (Å²) in [6, 6.07) is 6.01. The fraction of sp³-hybridized carbons (Fsp3) is 0.375. The topological polar surface area (TPSA) is 58.5 Å². The monoisotopic (exact) mass is 524 g/mol. The van der Waals surface area contributed by atoms with Crippen LogP contribution in [-0.2, 0) is 13.0 Å². The van der Waals surface area contributed by atoms with Crippen molar-refractivity contribution in [3.63, 3.8) is 0 Å². The van der Waals surface area contributed by atoms with Crippen LogP contribution in [0.2, 0.25) is 0 Å². The van der Waals surface area contributed by atoms with Crippen molar-refractivity contribution < 1.29 is 4.74 Å². The summed E-state index contributed by atoms with van der Waals surface area (Å²) in [5.74, 6) is 1.61. The molecule has 0 aliphatic rings. The first kappa shape index (κ1) is 21.2. The van der Waals surface area contributed by atoms with Gasteiger partial charge in [0.25, 0.3) is 0 Å². The van der Waals surface area contributed by atoms with Crippen molar-refractivity contribution in [2.75, 3.05) is 20.7 Å². The van der Waals surface area contributed by atoms with Gasteiger partial charge in [0.05, 0.1) is 22.3 Å². The quantitative estimate of drug-likeness (QED) is 0.343. The van der Waals surface area contributed by atoms with Gasteiger partial charge in [-0.3, -0.25) is 4.99 Å². The number of ether oxygens (including phenoxy) is 1. The van der Waals surface area contributed by atoms with E-state index in [9.17, 15) is 0 Å². The van der Waals surface area contributed by atoms with E-state index in [1.54, 1.807) is 25.5 Å². The molecule has 1 aromatic carbocycles. The lowest BCUT2D eigenvalue weighted by molar-refractivity contribution is 0.412. The van der Waals surface area contributed by atoms with Crippen molar-refractivity contribution in [2.24, 2.45) is 4.99 Å². The predicted molar refractivity (Wildman–Crippen MR) is 115 cm³/mol. The van der Waals surface area contributed by atoms with Crippen LogP contribution in [0.3, 0.4) is 0 Å². The van der Waals surface area contributed by atoms with Crippen LogP contribution in [0.5, 0.6) is 5.75 Å². The lowest BCUT2D eigenvalue weighted by atomic mass is 10.2. The number of nitrogens with one attached hydrogen (secondary N) is 2. The number of thiazole rings is 1. The Morgan fingerprint density at radius 2 is 2.17 bits per heavy atom. The van der Waals surface area contributed by atoms with Gasteiger partial charge in [-0.15, -0.1) is 35.3 Å². The summed E-state index contributed by atoms with van der Waals surface area (Å²) >= 11 is 5.18. The molecule has 0 aliphatic carbocycles. The highest BCUT2D eigenvalue weighted by Crippen LogP contribution is 2.25. The number of benzene rings is 1. The van der Waals surface area contributed by atoms with E-state index in [2.05, 4.69) is 41.9 Å². The average molecular weight is 525 g/mol. The summed E-state index contributed by atoms with van der Waals surface area (Å²) in [5, 5.41) is 9.81. The van der Waals surface area contributed by atoms with E-state index in [4.69, 9.17) is 4.74 Å². The highest BCUT2D eigenvalue weighted by Gasteiger charge is 2.03. The summed E-state index contributed by atoms with van der Waals surface area (Å²) in [5.41, 5.74) is 2.27. The van der Waals surface area contributed by atoms with Crippen molar-refractivity contribution in [3.05, 3.63) is 44.3 Å². The molecule has 0 radical (unpaired) electrons. The molecule has 5 nitrogen and oxygen atoms in total. The van der Waals surface area contributed by atoms with Crippen molar-refractivity contribution >= 4 is 57.2 Å². The van der Waals surface area contributed by atoms with Gasteiger partial charge in [-0.05, 0) is 40.5 Å². The van der Waals surface area contributed by atoms with Crippen molar-refractivity contribution in [2.45, 2.75) is 19.9 Å². The number of hydrogen-bond acceptors (Lipinski definition) is 4. The lowest BCUT2D eigenvalue weighted by Gasteiger charge is -2.12. The summed E-state index contributed by atoms with van der Waals surface area (Å²) in [6.07, 6.45) is 0.888. The Labute approximate surface area is 172 Å². The summed E-state index contributed by atoms with van der Waals surface area (Å²) in [6.45, 7) is 3.52. The summed E-state index contributed by atoms with van der Waals surface area (Å²) in [4.78, 5) is 8.69. The third-order valence-corrected chi connectivity index (χ3v) is 4.68. The first-order valence-corrected chi connectivity index (χ1v) is 8.97. The Balaban J connectivity index is 0.00000288. The van der Waals surface area contributed by atoms with Crippen LogP contribution in [0.1, 0.15) is 16.3 Å². The molecule has 0 bridgehead atoms. The van der Waals surface area contributed by atoms with Crippen LogP contribution >= 0.6 is 51.2 Å². The minimum atomic E-state index is 0. The second-order valence-electron chi connectivity index (χ2n) is 4.93. The maximum atomic E-state index is 5.24. The van der Waals surface area contributed by atoms with E-state index in [0.29, 0.717) is 6.54 Å². The molecule has 0 spiro atoms. The Morgan fingerprint density at radius 1 is 1.38 bits per heavy atom. The van der Waals surface area contributed by atoms with Crippen LogP contribution in [0.25, 0.3) is 0 Å². The molecule has 24 heavy (non-hydrogen) atoms. The van der Waals surface area contributed by atoms with Crippen LogP contribution in [0.15, 0.2) is 33.0 Å². The average Bonchev–Trinajstić information content (AvgIpc) is 2.96. The van der Waals surface area contributed by atoms with Gasteiger partial charge in [0.1, 0.15) is 5.75 Å². The SMILES string of the molecule is CN=C(NCCc1csc(C)n1)NCc1ccc(OC)c(Br)c1.I. The zero-order valence-corrected chi connectivity index (χ0v) is 18.7. The molecule has 0 saturated carbocycles. The minimum Gasteiger partial charge on any atom is -0.496 e. The highest BCUT2D eigenvalue weighted by molar-refractivity contribution is 14.0. The molecule has 0 atom stereocenters. The van der Waals surface area contributed by atoms with Gasteiger partial charge in [0.15, 0.2) is 5.96 Å². The third-order valence-electron chi connectivity index (χ3n) is 3.24. The molecule has 0 aliphatic heterocycles. The fourth-order valence-electron chi connectivity index (χ4n) is 2.06. The number of guanidine groups is 1. The predicted octanol–water partition coefficient (Wildman–Crippen LogP) is 3.75. The van der Waals surface area contributed by atoms with Crippen LogP contribution in [-0.4, -0.2) is 31.6 Å². The van der Waals surface area contributed by atoms with Gasteiger partial charge in [-0.1, -0.05) is 6.07 Å². The van der Waals surface area contributed by atoms with Crippen LogP contribution < -0.4 is 15.4 Å². The lowest BCUT2D eigenvalue weighted by Crippen LogP contribution is -2.37. The number of hydrogen-bond donors (Lipinski definition) is 2. The number of halogens is 2. The zero-order valence-electron chi connectivity index (χ0n) is 13.9. The molecule has 2 aromatic rings. The molecule has 8 heteroatoms. The largest absolute Gasteiger partial charge is 0.496 e. The standard InChI is InChI=1S/C16H21BrN4OS.HI/c1-11-21-13(10-23-11)6-7-19-16(18-2)20-9-12-4-5-15(22-3)14(17)8-12;/h4-5,8,10H,6-7,9H2,1-3H3,(H2,18,19,20);1H. The molecule has 0 amide bonds. The molecule has 0 fully saturated rings. The highest BCUT2D eigenvalue weighted by atomic mass is 127. The van der Waals surface area contributed by atoms with Crippen LogP contribution in [0, 0.1) is 6.92 Å². The molecular formula is C16H22BrIN4OS. The Morgan fingerprint density at radius 3 is 2.75 bits per heavy atom. The van der Waals surface area contributed by atoms with Crippen molar-refractivity contribution in [1.82, 2.24) is 15.6 Å². The fourth-order valence-corrected chi connectivity index (χ4v) is 3.29. The summed E-state index contributed by atoms with van der Waals surface area (Å²) in [7, 11) is 3.43. The number of aryl methyl sites for hydroxylation is 1. The molecule has 0 unspecified atom stereocenters. The van der Waals surface area contributed by atoms with E-state index >= 15 is 0 Å². The molecule has 2 N–H and O–H groups in total. The van der Waals surface area contributed by atoms with Crippen molar-refractivity contribution in [3.8, 4) is 5.75 Å². The van der Waals surface area contributed by atoms with Gasteiger partial charge >= 0.3 is 0 Å². The molecule has 2 rings (SSSR count). The van der Waals surface area contributed by atoms with Gasteiger partial charge in [-0.25, -0.2) is 4.98 Å². The van der Waals surface area contributed by atoms with E-state index in [1.807, 2.05) is 25.1 Å². The Kier molecular flexibility index (Phi) is 9.60. The maximum Gasteiger partial charge on any atom is 0.191 e. The Bertz CT molecular complexity index is 678. The second-order valence-corrected chi connectivity index (χ2v) is 6.85. The second kappa shape index (κ2) is 10.9. The van der Waals surface area contributed by atoms with E-state index in [1.165, 1.54) is 0 Å². The number of aromatic nitrogens is 1. The van der Waals surface area contributed by atoms with E-state index in [0.717, 1.165) is 45.4 Å². The van der Waals surface area contributed by atoms with E-state index in [-0.39, 0.29) is 24.0 Å². The molecular weight excluding hydrogens is 503 g/mol. The minimum absolute atomic E-state index is 0. The smallest absolute Gasteiger partial charge is 0.191 e. The third kappa shape index (κ3) is 6.56. The first-order valence-electron chi connectivity index (χ1n) is 7.30. The van der Waals surface area contributed by atoms with Gasteiger partial charge in [-0.2, -0.15) is 0 Å². The number of methoxy groups -OCH3 is 1. The van der Waals surface area contributed by atoms with E-state index < -0.39 is 0 Å².